The number of aromatic nitrogens is 3. The van der Waals surface area contributed by atoms with Crippen molar-refractivity contribution in [3.63, 3.8) is 0 Å². The smallest absolute Gasteiger partial charge is 0.319 e. The molecule has 0 aromatic carbocycles. The quantitative estimate of drug-likeness (QED) is 0.605. The summed E-state index contributed by atoms with van der Waals surface area (Å²) in [5.41, 5.74) is -0.0581. The standard InChI is InChI=1S/C9H7N5O3/c15-9(12-6-1-3-10-4-2-6)8-7(14(16)17)5-11-13-8/h1-5H,(H,11,13)(H,10,12,15). The fourth-order valence-electron chi connectivity index (χ4n) is 1.21. The van der Waals surface area contributed by atoms with Gasteiger partial charge in [-0.05, 0) is 12.1 Å². The van der Waals surface area contributed by atoms with Crippen molar-refractivity contribution in [1.82, 2.24) is 15.2 Å². The minimum atomic E-state index is -0.676. The van der Waals surface area contributed by atoms with Crippen LogP contribution in [0.3, 0.4) is 0 Å². The number of hydrogen-bond donors (Lipinski definition) is 2. The number of H-pyrrole nitrogens is 1. The van der Waals surface area contributed by atoms with Crippen molar-refractivity contribution in [3.8, 4) is 0 Å². The molecule has 2 aromatic heterocycles. The van der Waals surface area contributed by atoms with Gasteiger partial charge < -0.3 is 5.32 Å². The molecule has 8 heteroatoms. The van der Waals surface area contributed by atoms with Crippen LogP contribution in [-0.4, -0.2) is 26.0 Å². The van der Waals surface area contributed by atoms with E-state index in [9.17, 15) is 14.9 Å². The molecule has 0 atom stereocenters. The number of aromatic amines is 1. The van der Waals surface area contributed by atoms with E-state index in [-0.39, 0.29) is 11.4 Å². The highest BCUT2D eigenvalue weighted by Gasteiger charge is 2.22. The summed E-state index contributed by atoms with van der Waals surface area (Å²) in [5, 5.41) is 18.8. The van der Waals surface area contributed by atoms with E-state index >= 15 is 0 Å². The molecule has 2 N–H and O–H groups in total. The van der Waals surface area contributed by atoms with Gasteiger partial charge >= 0.3 is 5.69 Å². The second-order valence-electron chi connectivity index (χ2n) is 3.08. The van der Waals surface area contributed by atoms with Crippen LogP contribution in [0.25, 0.3) is 0 Å². The predicted molar refractivity (Wildman–Crippen MR) is 57.4 cm³/mol. The third kappa shape index (κ3) is 2.25. The van der Waals surface area contributed by atoms with Gasteiger partial charge in [-0.2, -0.15) is 5.10 Å². The lowest BCUT2D eigenvalue weighted by molar-refractivity contribution is -0.385. The summed E-state index contributed by atoms with van der Waals surface area (Å²) in [4.78, 5) is 25.4. The number of amides is 1. The molecule has 17 heavy (non-hydrogen) atoms. The van der Waals surface area contributed by atoms with E-state index in [0.717, 1.165) is 6.20 Å². The topological polar surface area (TPSA) is 114 Å². The number of nitrogens with one attached hydrogen (secondary N) is 2. The molecule has 0 spiro atoms. The zero-order valence-corrected chi connectivity index (χ0v) is 8.45. The molecule has 0 aliphatic heterocycles. The van der Waals surface area contributed by atoms with Gasteiger partial charge in [0, 0.05) is 18.1 Å². The summed E-state index contributed by atoms with van der Waals surface area (Å²) in [5.74, 6) is -0.625. The van der Waals surface area contributed by atoms with Crippen LogP contribution in [-0.2, 0) is 0 Å². The number of carbonyl (C=O) groups excluding carboxylic acids is 1. The normalized spacial score (nSPS) is 9.88. The average molecular weight is 233 g/mol. The molecular weight excluding hydrogens is 226 g/mol. The molecule has 0 bridgehead atoms. The fraction of sp³-hybridized carbons (Fsp3) is 0. The van der Waals surface area contributed by atoms with E-state index in [1.807, 2.05) is 0 Å². The number of hydrogen-bond acceptors (Lipinski definition) is 5. The number of pyridine rings is 1. The number of nitrogens with zero attached hydrogens (tertiary/aromatic N) is 3. The van der Waals surface area contributed by atoms with Crippen LogP contribution in [0.1, 0.15) is 10.5 Å². The maximum absolute atomic E-state index is 11.7. The molecule has 1 amide bonds. The van der Waals surface area contributed by atoms with Gasteiger partial charge in [-0.3, -0.25) is 25.0 Å². The lowest BCUT2D eigenvalue weighted by Crippen LogP contribution is -2.14. The molecule has 0 fully saturated rings. The van der Waals surface area contributed by atoms with E-state index in [0.29, 0.717) is 5.69 Å². The van der Waals surface area contributed by atoms with Crippen molar-refractivity contribution < 1.29 is 9.72 Å². The van der Waals surface area contributed by atoms with Gasteiger partial charge in [0.25, 0.3) is 5.91 Å². The Balaban J connectivity index is 2.21. The summed E-state index contributed by atoms with van der Waals surface area (Å²) in [6.45, 7) is 0. The number of rotatable bonds is 3. The van der Waals surface area contributed by atoms with Gasteiger partial charge in [0.2, 0.25) is 5.69 Å². The highest BCUT2D eigenvalue weighted by Crippen LogP contribution is 2.16. The Morgan fingerprint density at radius 1 is 1.41 bits per heavy atom. The molecule has 0 unspecified atom stereocenters. The summed E-state index contributed by atoms with van der Waals surface area (Å²) in [7, 11) is 0. The van der Waals surface area contributed by atoms with Crippen molar-refractivity contribution in [3.05, 3.63) is 46.5 Å². The SMILES string of the molecule is O=C(Nc1ccncc1)c1[nH]ncc1[N+](=O)[O-]. The van der Waals surface area contributed by atoms with Crippen molar-refractivity contribution in [1.29, 1.82) is 0 Å². The van der Waals surface area contributed by atoms with Crippen LogP contribution in [0.5, 0.6) is 0 Å². The Kier molecular flexibility index (Phi) is 2.77. The molecular formula is C9H7N5O3. The van der Waals surface area contributed by atoms with Crippen LogP contribution in [0.2, 0.25) is 0 Å². The maximum Gasteiger partial charge on any atom is 0.319 e. The van der Waals surface area contributed by atoms with E-state index in [1.165, 1.54) is 12.4 Å². The first kappa shape index (κ1) is 10.7. The second-order valence-corrected chi connectivity index (χ2v) is 3.08. The van der Waals surface area contributed by atoms with Crippen LogP contribution in [0, 0.1) is 10.1 Å². The minimum absolute atomic E-state index is 0.188. The molecule has 0 saturated carbocycles. The van der Waals surface area contributed by atoms with Gasteiger partial charge in [-0.15, -0.1) is 0 Å². The van der Waals surface area contributed by atoms with Crippen LogP contribution in [0.15, 0.2) is 30.7 Å². The van der Waals surface area contributed by atoms with E-state index in [1.54, 1.807) is 12.1 Å². The second kappa shape index (κ2) is 4.39. The Labute approximate surface area is 94.8 Å². The van der Waals surface area contributed by atoms with Crippen molar-refractivity contribution in [2.75, 3.05) is 5.32 Å². The zero-order valence-electron chi connectivity index (χ0n) is 8.45. The third-order valence-electron chi connectivity index (χ3n) is 1.98. The Morgan fingerprint density at radius 2 is 2.12 bits per heavy atom. The maximum atomic E-state index is 11.7. The molecule has 86 valence electrons. The third-order valence-corrected chi connectivity index (χ3v) is 1.98. The first-order chi connectivity index (χ1) is 8.18. The molecule has 0 radical (unpaired) electrons. The van der Waals surface area contributed by atoms with Crippen molar-refractivity contribution in [2.24, 2.45) is 0 Å². The molecule has 0 aliphatic carbocycles. The highest BCUT2D eigenvalue weighted by molar-refractivity contribution is 6.05. The lowest BCUT2D eigenvalue weighted by Gasteiger charge is -2.01. The first-order valence-electron chi connectivity index (χ1n) is 4.57. The number of carbonyl (C=O) groups is 1. The molecule has 2 aromatic rings. The lowest BCUT2D eigenvalue weighted by atomic mass is 10.3. The monoisotopic (exact) mass is 233 g/mol. The average Bonchev–Trinajstić information content (AvgIpc) is 2.79. The van der Waals surface area contributed by atoms with E-state index in [4.69, 9.17) is 0 Å². The summed E-state index contributed by atoms with van der Waals surface area (Å²) < 4.78 is 0. The van der Waals surface area contributed by atoms with E-state index < -0.39 is 10.8 Å². The van der Waals surface area contributed by atoms with Gasteiger partial charge in [-0.25, -0.2) is 0 Å². The van der Waals surface area contributed by atoms with Gasteiger partial charge in [-0.1, -0.05) is 0 Å². The Morgan fingerprint density at radius 3 is 2.76 bits per heavy atom. The van der Waals surface area contributed by atoms with Gasteiger partial charge in [0.1, 0.15) is 6.20 Å². The Bertz CT molecular complexity index is 551. The van der Waals surface area contributed by atoms with Crippen LogP contribution < -0.4 is 5.32 Å². The summed E-state index contributed by atoms with van der Waals surface area (Å²) >= 11 is 0. The molecule has 2 rings (SSSR count). The molecule has 0 aliphatic rings. The molecule has 0 saturated heterocycles. The zero-order chi connectivity index (χ0) is 12.3. The van der Waals surface area contributed by atoms with Crippen LogP contribution >= 0.6 is 0 Å². The fourth-order valence-corrected chi connectivity index (χ4v) is 1.21. The van der Waals surface area contributed by atoms with Crippen LogP contribution in [0.4, 0.5) is 11.4 Å². The van der Waals surface area contributed by atoms with Gasteiger partial charge in [0.05, 0.1) is 4.92 Å². The Hall–Kier alpha value is -2.77. The van der Waals surface area contributed by atoms with Gasteiger partial charge in [0.15, 0.2) is 0 Å². The number of nitro groups is 1. The largest absolute Gasteiger partial charge is 0.320 e. The van der Waals surface area contributed by atoms with Crippen molar-refractivity contribution in [2.45, 2.75) is 0 Å². The van der Waals surface area contributed by atoms with E-state index in [2.05, 4.69) is 20.5 Å². The first-order valence-corrected chi connectivity index (χ1v) is 4.57. The molecule has 2 heterocycles. The summed E-state index contributed by atoms with van der Waals surface area (Å²) in [6.07, 6.45) is 3.98. The summed E-state index contributed by atoms with van der Waals surface area (Å²) in [6, 6.07) is 3.14. The number of anilines is 1. The molecule has 8 nitrogen and oxygen atoms in total. The highest BCUT2D eigenvalue weighted by atomic mass is 16.6. The van der Waals surface area contributed by atoms with Crippen molar-refractivity contribution >= 4 is 17.3 Å². The minimum Gasteiger partial charge on any atom is -0.320 e. The predicted octanol–water partition coefficient (Wildman–Crippen LogP) is 0.965.